The smallest absolute Gasteiger partial charge is 0.331 e. The summed E-state index contributed by atoms with van der Waals surface area (Å²) in [6.45, 7) is 1.15. The van der Waals surface area contributed by atoms with Crippen LogP contribution in [0, 0.1) is 5.82 Å². The predicted octanol–water partition coefficient (Wildman–Crippen LogP) is 0.983. The average Bonchev–Trinajstić information content (AvgIpc) is 2.38. The van der Waals surface area contributed by atoms with E-state index >= 15 is 0 Å². The highest BCUT2D eigenvalue weighted by atomic mass is 19.1. The molecule has 6 nitrogen and oxygen atoms in total. The number of hydrogen-bond donors (Lipinski definition) is 2. The number of aliphatic carboxylic acids is 1. The van der Waals surface area contributed by atoms with Crippen LogP contribution in [0.4, 0.5) is 4.39 Å². The van der Waals surface area contributed by atoms with E-state index in [4.69, 9.17) is 14.6 Å². The number of ether oxygens (including phenoxy) is 2. The van der Waals surface area contributed by atoms with Crippen LogP contribution in [-0.4, -0.2) is 43.3 Å². The lowest BCUT2D eigenvalue weighted by atomic mass is 10.0. The molecule has 21 heavy (non-hydrogen) atoms. The Labute approximate surface area is 121 Å². The first-order valence-electron chi connectivity index (χ1n) is 6.18. The highest BCUT2D eigenvalue weighted by Gasteiger charge is 2.35. The van der Waals surface area contributed by atoms with Gasteiger partial charge in [-0.2, -0.15) is 0 Å². The van der Waals surface area contributed by atoms with Crippen molar-refractivity contribution in [2.24, 2.45) is 0 Å². The van der Waals surface area contributed by atoms with Gasteiger partial charge in [-0.1, -0.05) is 0 Å². The number of methoxy groups -OCH3 is 2. The molecule has 1 atom stereocenters. The molecule has 0 fully saturated rings. The Bertz CT molecular complexity index is 534. The van der Waals surface area contributed by atoms with Gasteiger partial charge in [-0.15, -0.1) is 0 Å². The lowest BCUT2D eigenvalue weighted by Gasteiger charge is -2.25. The molecular weight excluding hydrogens is 281 g/mol. The maximum Gasteiger partial charge on any atom is 0.331 e. The van der Waals surface area contributed by atoms with Gasteiger partial charge >= 0.3 is 5.97 Å². The molecular formula is C14H18FNO5. The molecule has 2 N–H and O–H groups in total. The number of nitrogens with one attached hydrogen (secondary N) is 1. The molecule has 0 saturated heterocycles. The van der Waals surface area contributed by atoms with Gasteiger partial charge in [0.05, 0.1) is 20.1 Å². The van der Waals surface area contributed by atoms with Crippen molar-refractivity contribution in [3.05, 3.63) is 29.6 Å². The summed E-state index contributed by atoms with van der Waals surface area (Å²) >= 11 is 0. The van der Waals surface area contributed by atoms with Gasteiger partial charge in [-0.05, 0) is 25.1 Å². The van der Waals surface area contributed by atoms with Crippen LogP contribution in [0.15, 0.2) is 18.2 Å². The maximum atomic E-state index is 13.2. The largest absolute Gasteiger partial charge is 0.496 e. The van der Waals surface area contributed by atoms with E-state index in [2.05, 4.69) is 5.32 Å². The van der Waals surface area contributed by atoms with Gasteiger partial charge in [0.15, 0.2) is 5.54 Å². The van der Waals surface area contributed by atoms with E-state index in [0.29, 0.717) is 11.3 Å². The molecule has 1 rings (SSSR count). The number of carboxylic acid groups (broad SMARTS) is 1. The molecule has 116 valence electrons. The summed E-state index contributed by atoms with van der Waals surface area (Å²) in [6.07, 6.45) is -0.201. The van der Waals surface area contributed by atoms with Gasteiger partial charge in [-0.25, -0.2) is 9.18 Å². The topological polar surface area (TPSA) is 84.9 Å². The third-order valence-corrected chi connectivity index (χ3v) is 2.91. The Morgan fingerprint density at radius 3 is 2.57 bits per heavy atom. The van der Waals surface area contributed by atoms with Crippen LogP contribution in [0.25, 0.3) is 0 Å². The molecule has 0 aliphatic rings. The first-order chi connectivity index (χ1) is 9.82. The highest BCUT2D eigenvalue weighted by Crippen LogP contribution is 2.20. The number of carbonyl (C=O) groups is 2. The van der Waals surface area contributed by atoms with E-state index in [0.717, 1.165) is 0 Å². The summed E-state index contributed by atoms with van der Waals surface area (Å²) in [7, 11) is 2.74. The third kappa shape index (κ3) is 4.42. The zero-order valence-corrected chi connectivity index (χ0v) is 12.1. The van der Waals surface area contributed by atoms with Crippen molar-refractivity contribution in [2.75, 3.05) is 20.8 Å². The zero-order valence-electron chi connectivity index (χ0n) is 12.1. The Hall–Kier alpha value is -2.15. The molecule has 1 unspecified atom stereocenters. The number of carbonyl (C=O) groups excluding carboxylic acids is 1. The van der Waals surface area contributed by atoms with Crippen molar-refractivity contribution in [3.63, 3.8) is 0 Å². The predicted molar refractivity (Wildman–Crippen MR) is 72.7 cm³/mol. The summed E-state index contributed by atoms with van der Waals surface area (Å²) in [5, 5.41) is 11.5. The van der Waals surface area contributed by atoms with E-state index in [-0.39, 0.29) is 13.0 Å². The number of benzene rings is 1. The first kappa shape index (κ1) is 16.9. The minimum atomic E-state index is -1.55. The molecule has 1 aromatic carbocycles. The van der Waals surface area contributed by atoms with Gasteiger partial charge < -0.3 is 19.9 Å². The molecule has 0 radical (unpaired) electrons. The SMILES string of the molecule is COCC(C)(NC(=O)Cc1cc(F)ccc1OC)C(=O)O. The molecule has 7 heteroatoms. The Balaban J connectivity index is 2.86. The van der Waals surface area contributed by atoms with Crippen LogP contribution in [0.5, 0.6) is 5.75 Å². The number of hydrogen-bond acceptors (Lipinski definition) is 4. The Morgan fingerprint density at radius 1 is 1.38 bits per heavy atom. The minimum Gasteiger partial charge on any atom is -0.496 e. The second kappa shape index (κ2) is 7.03. The van der Waals surface area contributed by atoms with Gasteiger partial charge in [0.25, 0.3) is 0 Å². The lowest BCUT2D eigenvalue weighted by molar-refractivity contribution is -0.149. The molecule has 0 aliphatic heterocycles. The Morgan fingerprint density at radius 2 is 2.05 bits per heavy atom. The average molecular weight is 299 g/mol. The van der Waals surface area contributed by atoms with E-state index < -0.39 is 23.2 Å². The van der Waals surface area contributed by atoms with Gasteiger partial charge in [0.2, 0.25) is 5.91 Å². The van der Waals surface area contributed by atoms with Crippen molar-refractivity contribution in [3.8, 4) is 5.75 Å². The van der Waals surface area contributed by atoms with Crippen molar-refractivity contribution in [1.29, 1.82) is 0 Å². The summed E-state index contributed by atoms with van der Waals surface area (Å²) < 4.78 is 23.1. The van der Waals surface area contributed by atoms with Crippen LogP contribution in [0.3, 0.4) is 0 Å². The lowest BCUT2D eigenvalue weighted by Crippen LogP contribution is -2.55. The minimum absolute atomic E-state index is 0.186. The quantitative estimate of drug-likeness (QED) is 0.784. The van der Waals surface area contributed by atoms with Gasteiger partial charge in [0, 0.05) is 12.7 Å². The van der Waals surface area contributed by atoms with Crippen LogP contribution in [0.1, 0.15) is 12.5 Å². The molecule has 1 amide bonds. The van der Waals surface area contributed by atoms with Crippen molar-refractivity contribution in [2.45, 2.75) is 18.9 Å². The number of rotatable bonds is 7. The van der Waals surface area contributed by atoms with E-state index in [1.165, 1.54) is 39.3 Å². The van der Waals surface area contributed by atoms with E-state index in [9.17, 15) is 14.0 Å². The van der Waals surface area contributed by atoms with Crippen LogP contribution >= 0.6 is 0 Å². The maximum absolute atomic E-state index is 13.2. The van der Waals surface area contributed by atoms with Crippen molar-refractivity contribution < 1.29 is 28.6 Å². The zero-order chi connectivity index (χ0) is 16.0. The van der Waals surface area contributed by atoms with Crippen molar-refractivity contribution >= 4 is 11.9 Å². The normalized spacial score (nSPS) is 13.3. The first-order valence-corrected chi connectivity index (χ1v) is 6.18. The van der Waals surface area contributed by atoms with Gasteiger partial charge in [0.1, 0.15) is 11.6 Å². The fourth-order valence-corrected chi connectivity index (χ4v) is 1.85. The second-order valence-corrected chi connectivity index (χ2v) is 4.75. The standard InChI is InChI=1S/C14H18FNO5/c1-14(8-20-2,13(18)19)16-12(17)7-9-6-10(15)4-5-11(9)21-3/h4-6H,7-8H2,1-3H3,(H,16,17)(H,18,19). The van der Waals surface area contributed by atoms with Gasteiger partial charge in [-0.3, -0.25) is 4.79 Å². The second-order valence-electron chi connectivity index (χ2n) is 4.75. The fourth-order valence-electron chi connectivity index (χ4n) is 1.85. The van der Waals surface area contributed by atoms with E-state index in [1.807, 2.05) is 0 Å². The summed E-state index contributed by atoms with van der Waals surface area (Å²) in [5.74, 6) is -1.93. The van der Waals surface area contributed by atoms with Crippen LogP contribution < -0.4 is 10.1 Å². The third-order valence-electron chi connectivity index (χ3n) is 2.91. The summed E-state index contributed by atoms with van der Waals surface area (Å²) in [4.78, 5) is 23.2. The molecule has 0 spiro atoms. The van der Waals surface area contributed by atoms with Crippen molar-refractivity contribution in [1.82, 2.24) is 5.32 Å². The molecule has 0 bridgehead atoms. The molecule has 0 aromatic heterocycles. The Kier molecular flexibility index (Phi) is 5.66. The number of carboxylic acids is 1. The molecule has 1 aromatic rings. The van der Waals surface area contributed by atoms with E-state index in [1.54, 1.807) is 0 Å². The summed E-state index contributed by atoms with van der Waals surface area (Å²) in [5.41, 5.74) is -1.22. The summed E-state index contributed by atoms with van der Waals surface area (Å²) in [6, 6.07) is 3.79. The number of halogens is 1. The van der Waals surface area contributed by atoms with Crippen LogP contribution in [-0.2, 0) is 20.7 Å². The highest BCUT2D eigenvalue weighted by molar-refractivity contribution is 5.88. The van der Waals surface area contributed by atoms with Crippen LogP contribution in [0.2, 0.25) is 0 Å². The number of amides is 1. The molecule has 0 aliphatic carbocycles. The molecule has 0 heterocycles. The molecule has 0 saturated carbocycles. The fraction of sp³-hybridized carbons (Fsp3) is 0.429. The monoisotopic (exact) mass is 299 g/mol.